The van der Waals surface area contributed by atoms with Crippen LogP contribution in [0.4, 0.5) is 0 Å². The van der Waals surface area contributed by atoms with Crippen LogP contribution in [0.1, 0.15) is 5.56 Å². The number of hydrogen-bond acceptors (Lipinski definition) is 0. The average molecular weight is 425 g/mol. The molecule has 5 heteroatoms. The minimum atomic E-state index is 0. The fourth-order valence-corrected chi connectivity index (χ4v) is 2.28. The second kappa shape index (κ2) is 10.9. The molecule has 0 bridgehead atoms. The Morgan fingerprint density at radius 3 is 2.05 bits per heavy atom. The second-order valence-electron chi connectivity index (χ2n) is 3.89. The van der Waals surface area contributed by atoms with Crippen LogP contribution in [0, 0.1) is 6.92 Å². The van der Waals surface area contributed by atoms with Crippen LogP contribution in [-0.2, 0) is 26.2 Å². The molecule has 3 rings (SSSR count). The van der Waals surface area contributed by atoms with E-state index in [2.05, 4.69) is 12.1 Å². The first-order chi connectivity index (χ1) is 8.16. The molecule has 0 aliphatic carbocycles. The second-order valence-corrected chi connectivity index (χ2v) is 4.73. The molecule has 0 aliphatic heterocycles. The summed E-state index contributed by atoms with van der Waals surface area (Å²) in [5, 5.41) is 3.62. The molecular weight excluding hydrogens is 413 g/mol. The van der Waals surface area contributed by atoms with Gasteiger partial charge < -0.3 is 24.8 Å². The molecule has 0 saturated carbocycles. The summed E-state index contributed by atoms with van der Waals surface area (Å²) >= 11 is 11.8. The van der Waals surface area contributed by atoms with E-state index >= 15 is 0 Å². The van der Waals surface area contributed by atoms with Gasteiger partial charge in [-0.05, 0) is 11.1 Å². The van der Waals surface area contributed by atoms with Gasteiger partial charge in [0.1, 0.15) is 0 Å². The molecule has 0 saturated heterocycles. The van der Waals surface area contributed by atoms with E-state index in [0.29, 0.717) is 5.02 Å². The summed E-state index contributed by atoms with van der Waals surface area (Å²) in [4.78, 5) is 0. The van der Waals surface area contributed by atoms with E-state index in [1.165, 1.54) is 5.56 Å². The van der Waals surface area contributed by atoms with Crippen LogP contribution in [0.5, 0.6) is 0 Å². The first-order valence-electron chi connectivity index (χ1n) is 5.35. The molecule has 0 heterocycles. The molecule has 3 aromatic carbocycles. The van der Waals surface area contributed by atoms with Gasteiger partial charge in [-0.15, -0.1) is 28.5 Å². The Labute approximate surface area is 161 Å². The van der Waals surface area contributed by atoms with Crippen molar-refractivity contribution in [1.29, 1.82) is 0 Å². The summed E-state index contributed by atoms with van der Waals surface area (Å²) in [6.45, 7) is 2.05. The number of halogens is 4. The molecule has 0 amide bonds. The van der Waals surface area contributed by atoms with Gasteiger partial charge in [0.25, 0.3) is 0 Å². The van der Waals surface area contributed by atoms with Gasteiger partial charge >= 0.3 is 26.2 Å². The minimum Gasteiger partial charge on any atom is -1.00 e. The Bertz CT molecular complexity index is 582. The number of aryl methyl sites for hydroxylation is 1. The van der Waals surface area contributed by atoms with Crippen molar-refractivity contribution in [3.8, 4) is 0 Å². The zero-order chi connectivity index (χ0) is 12.3. The Morgan fingerprint density at radius 2 is 1.55 bits per heavy atom. The summed E-state index contributed by atoms with van der Waals surface area (Å²) in [7, 11) is 0. The third kappa shape index (κ3) is 6.33. The molecule has 0 N–H and O–H groups in total. The van der Waals surface area contributed by atoms with Crippen LogP contribution < -0.4 is 24.8 Å². The molecule has 0 atom stereocenters. The summed E-state index contributed by atoms with van der Waals surface area (Å²) < 4.78 is 0. The van der Waals surface area contributed by atoms with Crippen LogP contribution in [0.3, 0.4) is 0 Å². The van der Waals surface area contributed by atoms with E-state index in [1.54, 1.807) is 6.07 Å². The fraction of sp³-hybridized carbons (Fsp3) is 0.0667. The van der Waals surface area contributed by atoms with Crippen molar-refractivity contribution in [1.82, 2.24) is 0 Å². The zero-order valence-corrected chi connectivity index (χ0v) is 16.2. The zero-order valence-electron chi connectivity index (χ0n) is 10.7. The Hall–Kier alpha value is 0.223. The van der Waals surface area contributed by atoms with Gasteiger partial charge in [0.05, 0.1) is 0 Å². The normalized spacial score (nSPS) is 8.55. The van der Waals surface area contributed by atoms with Crippen molar-refractivity contribution in [2.24, 2.45) is 0 Å². The summed E-state index contributed by atoms with van der Waals surface area (Å²) in [6, 6.07) is 17.8. The topological polar surface area (TPSA) is 0 Å². The van der Waals surface area contributed by atoms with Crippen LogP contribution in [0.15, 0.2) is 54.6 Å². The molecule has 3 aromatic rings. The number of benzene rings is 1. The van der Waals surface area contributed by atoms with Crippen molar-refractivity contribution < 1.29 is 51.0 Å². The maximum absolute atomic E-state index is 5.99. The molecule has 104 valence electrons. The van der Waals surface area contributed by atoms with Crippen molar-refractivity contribution >= 4 is 34.0 Å². The first-order valence-corrected chi connectivity index (χ1v) is 6.11. The van der Waals surface area contributed by atoms with Crippen molar-refractivity contribution in [3.05, 3.63) is 70.2 Å². The van der Waals surface area contributed by atoms with Gasteiger partial charge in [-0.1, -0.05) is 30.1 Å². The molecule has 0 fully saturated rings. The molecule has 0 aliphatic rings. The molecular formula is C15H12Cl4Zr. The van der Waals surface area contributed by atoms with E-state index in [4.69, 9.17) is 23.2 Å². The predicted octanol–water partition coefficient (Wildman–Crippen LogP) is -0.415. The van der Waals surface area contributed by atoms with Crippen LogP contribution in [0.2, 0.25) is 10.0 Å². The van der Waals surface area contributed by atoms with Gasteiger partial charge in [0.15, 0.2) is 0 Å². The van der Waals surface area contributed by atoms with Gasteiger partial charge in [0, 0.05) is 5.02 Å². The van der Waals surface area contributed by atoms with E-state index in [-0.39, 0.29) is 51.0 Å². The predicted molar refractivity (Wildman–Crippen MR) is 76.3 cm³/mol. The van der Waals surface area contributed by atoms with Crippen molar-refractivity contribution in [2.75, 3.05) is 0 Å². The summed E-state index contributed by atoms with van der Waals surface area (Å²) in [6.07, 6.45) is 0. The van der Waals surface area contributed by atoms with Gasteiger partial charge in [-0.2, -0.15) is 24.3 Å². The maximum atomic E-state index is 5.99. The quantitative estimate of drug-likeness (QED) is 0.430. The fourth-order valence-electron chi connectivity index (χ4n) is 1.71. The first kappa shape index (κ1) is 22.5. The number of hydrogen-bond donors (Lipinski definition) is 0. The van der Waals surface area contributed by atoms with Crippen LogP contribution >= 0.6 is 23.2 Å². The summed E-state index contributed by atoms with van der Waals surface area (Å²) in [5.41, 5.74) is 1.22. The van der Waals surface area contributed by atoms with Crippen molar-refractivity contribution in [3.63, 3.8) is 0 Å². The maximum Gasteiger partial charge on any atom is 4.00 e. The Kier molecular flexibility index (Phi) is 12.2. The van der Waals surface area contributed by atoms with Crippen LogP contribution in [-0.4, -0.2) is 0 Å². The molecule has 20 heavy (non-hydrogen) atoms. The average Bonchev–Trinajstić information content (AvgIpc) is 2.88. The van der Waals surface area contributed by atoms with Gasteiger partial charge in [-0.25, -0.2) is 12.1 Å². The van der Waals surface area contributed by atoms with Crippen LogP contribution in [0.25, 0.3) is 10.8 Å². The standard InChI is InChI=1S/C10H7Cl2.C5H5.2ClH.Zr/c1-6-2-7-4-8(11)5-10(12)9(7)3-6;1-2-4-5-3-1;;;/h2-5H,1H3;1-5H;2*1H;/q2*-1;;;+4/p-2. The van der Waals surface area contributed by atoms with E-state index in [0.717, 1.165) is 15.8 Å². The number of rotatable bonds is 0. The molecule has 0 aromatic heterocycles. The monoisotopic (exact) mass is 422 g/mol. The van der Waals surface area contributed by atoms with E-state index < -0.39 is 0 Å². The minimum absolute atomic E-state index is 0. The van der Waals surface area contributed by atoms with E-state index in [1.807, 2.05) is 43.3 Å². The van der Waals surface area contributed by atoms with Crippen molar-refractivity contribution in [2.45, 2.75) is 6.92 Å². The van der Waals surface area contributed by atoms with Gasteiger partial charge in [0.2, 0.25) is 0 Å². The Balaban J connectivity index is 0. The SMILES string of the molecule is Cc1cc2c(Cl)cc(Cl)cc2[cH-]1.[Cl-].[Cl-].[Zr+4].c1cc[cH-]c1. The smallest absolute Gasteiger partial charge is 1.00 e. The third-order valence-corrected chi connectivity index (χ3v) is 2.97. The molecule has 0 unspecified atom stereocenters. The molecule has 0 spiro atoms. The molecule has 0 nitrogen and oxygen atoms in total. The van der Waals surface area contributed by atoms with Gasteiger partial charge in [-0.3, -0.25) is 0 Å². The molecule has 0 radical (unpaired) electrons. The third-order valence-electron chi connectivity index (χ3n) is 2.44. The summed E-state index contributed by atoms with van der Waals surface area (Å²) in [5.74, 6) is 0. The number of fused-ring (bicyclic) bond motifs is 1. The van der Waals surface area contributed by atoms with E-state index in [9.17, 15) is 0 Å². The largest absolute Gasteiger partial charge is 4.00 e. The Morgan fingerprint density at radius 1 is 0.950 bits per heavy atom.